The van der Waals surface area contributed by atoms with Gasteiger partial charge in [-0.15, -0.1) is 10.2 Å². The first-order valence-electron chi connectivity index (χ1n) is 10.6. The predicted molar refractivity (Wildman–Crippen MR) is 139 cm³/mol. The number of benzene rings is 3. The maximum Gasteiger partial charge on any atom is 0.418 e. The molecular formula is C23H16Cl2F3N7O2S. The standard InChI is InChI=1S/C23H16Cl2F3N7O2S/c24-13-9-10-19(16(25)11-13)37-18-8-4-1-5-14(18)21-31-34-35(33-21)12-20(36)30-32-22(38)29-17-7-3-2-6-15(17)23(26,27)28/h1-11H,12H2,(H,30,36)(H2,29,32,38). The smallest absolute Gasteiger partial charge is 0.418 e. The van der Waals surface area contributed by atoms with Crippen molar-refractivity contribution in [1.82, 2.24) is 31.1 Å². The van der Waals surface area contributed by atoms with E-state index >= 15 is 0 Å². The van der Waals surface area contributed by atoms with Gasteiger partial charge in [0.2, 0.25) is 5.82 Å². The number of hydrogen-bond acceptors (Lipinski definition) is 6. The largest absolute Gasteiger partial charge is 0.455 e. The summed E-state index contributed by atoms with van der Waals surface area (Å²) >= 11 is 17.1. The van der Waals surface area contributed by atoms with Crippen LogP contribution in [-0.2, 0) is 17.5 Å². The number of para-hydroxylation sites is 2. The van der Waals surface area contributed by atoms with Crippen LogP contribution in [0, 0.1) is 0 Å². The van der Waals surface area contributed by atoms with Crippen molar-refractivity contribution < 1.29 is 22.7 Å². The molecule has 1 amide bonds. The molecule has 196 valence electrons. The molecule has 0 fully saturated rings. The molecule has 15 heteroatoms. The molecule has 38 heavy (non-hydrogen) atoms. The van der Waals surface area contributed by atoms with Gasteiger partial charge in [0, 0.05) is 5.02 Å². The van der Waals surface area contributed by atoms with E-state index in [0.29, 0.717) is 27.1 Å². The van der Waals surface area contributed by atoms with E-state index in [1.807, 2.05) is 0 Å². The van der Waals surface area contributed by atoms with E-state index in [4.69, 9.17) is 40.2 Å². The van der Waals surface area contributed by atoms with Crippen LogP contribution in [0.5, 0.6) is 11.5 Å². The van der Waals surface area contributed by atoms with Crippen molar-refractivity contribution >= 4 is 52.1 Å². The number of carbonyl (C=O) groups excluding carboxylic acids is 1. The minimum Gasteiger partial charge on any atom is -0.455 e. The van der Waals surface area contributed by atoms with Gasteiger partial charge in [-0.25, -0.2) is 0 Å². The zero-order valence-electron chi connectivity index (χ0n) is 19.0. The number of amides is 1. The molecular weight excluding hydrogens is 566 g/mol. The molecule has 0 aliphatic carbocycles. The highest BCUT2D eigenvalue weighted by Gasteiger charge is 2.33. The van der Waals surface area contributed by atoms with Gasteiger partial charge in [0.1, 0.15) is 18.0 Å². The summed E-state index contributed by atoms with van der Waals surface area (Å²) in [5.41, 5.74) is 3.91. The van der Waals surface area contributed by atoms with Crippen molar-refractivity contribution in [1.29, 1.82) is 0 Å². The van der Waals surface area contributed by atoms with E-state index in [1.165, 1.54) is 18.2 Å². The Bertz CT molecular complexity index is 1480. The lowest BCUT2D eigenvalue weighted by Gasteiger charge is -2.15. The molecule has 4 rings (SSSR count). The predicted octanol–water partition coefficient (Wildman–Crippen LogP) is 5.48. The summed E-state index contributed by atoms with van der Waals surface area (Å²) in [7, 11) is 0. The second kappa shape index (κ2) is 11.6. The molecule has 4 aromatic rings. The minimum atomic E-state index is -4.58. The summed E-state index contributed by atoms with van der Waals surface area (Å²) in [5, 5.41) is 14.9. The van der Waals surface area contributed by atoms with E-state index in [2.05, 4.69) is 31.6 Å². The van der Waals surface area contributed by atoms with Crippen LogP contribution in [0.1, 0.15) is 5.56 Å². The summed E-state index contributed by atoms with van der Waals surface area (Å²) in [6.07, 6.45) is -4.58. The number of aromatic nitrogens is 4. The SMILES string of the molecule is O=C(Cn1nnc(-c2ccccc2Oc2ccc(Cl)cc2Cl)n1)NNC(=S)Nc1ccccc1C(F)(F)F. The Kier molecular flexibility index (Phi) is 8.29. The van der Waals surface area contributed by atoms with Crippen molar-refractivity contribution in [2.24, 2.45) is 0 Å². The molecule has 0 aliphatic heterocycles. The van der Waals surface area contributed by atoms with Gasteiger partial charge in [-0.05, 0) is 59.9 Å². The quantitative estimate of drug-likeness (QED) is 0.203. The molecule has 0 aliphatic rings. The number of hydrazine groups is 1. The van der Waals surface area contributed by atoms with Gasteiger partial charge in [0.25, 0.3) is 5.91 Å². The van der Waals surface area contributed by atoms with E-state index < -0.39 is 17.6 Å². The Balaban J connectivity index is 1.37. The average molecular weight is 582 g/mol. The third kappa shape index (κ3) is 6.88. The van der Waals surface area contributed by atoms with Gasteiger partial charge in [-0.3, -0.25) is 15.6 Å². The van der Waals surface area contributed by atoms with Crippen LogP contribution in [0.15, 0.2) is 66.7 Å². The van der Waals surface area contributed by atoms with Crippen LogP contribution in [0.3, 0.4) is 0 Å². The maximum absolute atomic E-state index is 13.1. The number of hydrogen-bond donors (Lipinski definition) is 3. The van der Waals surface area contributed by atoms with E-state index in [-0.39, 0.29) is 23.2 Å². The molecule has 1 heterocycles. The number of ether oxygens (including phenoxy) is 1. The lowest BCUT2D eigenvalue weighted by atomic mass is 10.2. The highest BCUT2D eigenvalue weighted by Crippen LogP contribution is 2.36. The first-order chi connectivity index (χ1) is 18.1. The molecule has 0 saturated heterocycles. The molecule has 0 radical (unpaired) electrons. The summed E-state index contributed by atoms with van der Waals surface area (Å²) in [4.78, 5) is 13.3. The van der Waals surface area contributed by atoms with E-state index in [1.54, 1.807) is 42.5 Å². The molecule has 3 aromatic carbocycles. The minimum absolute atomic E-state index is 0.174. The molecule has 9 nitrogen and oxygen atoms in total. The number of rotatable bonds is 6. The van der Waals surface area contributed by atoms with Crippen molar-refractivity contribution in [3.63, 3.8) is 0 Å². The molecule has 3 N–H and O–H groups in total. The van der Waals surface area contributed by atoms with E-state index in [0.717, 1.165) is 10.9 Å². The van der Waals surface area contributed by atoms with Crippen LogP contribution in [0.25, 0.3) is 11.4 Å². The number of nitrogens with one attached hydrogen (secondary N) is 3. The van der Waals surface area contributed by atoms with Gasteiger partial charge < -0.3 is 10.1 Å². The maximum atomic E-state index is 13.1. The van der Waals surface area contributed by atoms with Crippen LogP contribution in [-0.4, -0.2) is 31.2 Å². The van der Waals surface area contributed by atoms with Crippen LogP contribution in [0.4, 0.5) is 18.9 Å². The Morgan fingerprint density at radius 1 is 1.00 bits per heavy atom. The number of tetrazole rings is 1. The summed E-state index contributed by atoms with van der Waals surface area (Å²) in [6, 6.07) is 16.4. The molecule has 0 unspecified atom stereocenters. The fourth-order valence-electron chi connectivity index (χ4n) is 3.12. The van der Waals surface area contributed by atoms with Crippen molar-refractivity contribution in [2.45, 2.75) is 12.7 Å². The van der Waals surface area contributed by atoms with Crippen molar-refractivity contribution in [3.05, 3.63) is 82.3 Å². The number of carbonyl (C=O) groups is 1. The fourth-order valence-corrected chi connectivity index (χ4v) is 3.73. The fraction of sp³-hybridized carbons (Fsp3) is 0.0870. The summed E-state index contributed by atoms with van der Waals surface area (Å²) in [6.45, 7) is -0.367. The normalized spacial score (nSPS) is 11.1. The molecule has 0 saturated carbocycles. The van der Waals surface area contributed by atoms with E-state index in [9.17, 15) is 18.0 Å². The Morgan fingerprint density at radius 2 is 1.74 bits per heavy atom. The Hall–Kier alpha value is -3.94. The topological polar surface area (TPSA) is 106 Å². The van der Waals surface area contributed by atoms with Gasteiger partial charge in [-0.2, -0.15) is 18.0 Å². The Labute approximate surface area is 228 Å². The first-order valence-corrected chi connectivity index (χ1v) is 11.8. The highest BCUT2D eigenvalue weighted by molar-refractivity contribution is 7.80. The molecule has 0 bridgehead atoms. The third-order valence-corrected chi connectivity index (χ3v) is 5.51. The zero-order valence-corrected chi connectivity index (χ0v) is 21.3. The molecule has 0 atom stereocenters. The number of halogens is 5. The Morgan fingerprint density at radius 3 is 2.50 bits per heavy atom. The lowest BCUT2D eigenvalue weighted by molar-refractivity contribution is -0.137. The van der Waals surface area contributed by atoms with Crippen LogP contribution in [0.2, 0.25) is 10.0 Å². The van der Waals surface area contributed by atoms with Gasteiger partial charge in [0.15, 0.2) is 5.11 Å². The number of thiocarbonyl (C=S) groups is 1. The zero-order chi connectivity index (χ0) is 27.3. The average Bonchev–Trinajstić information content (AvgIpc) is 3.32. The second-order valence-electron chi connectivity index (χ2n) is 7.49. The number of anilines is 1. The van der Waals surface area contributed by atoms with Crippen molar-refractivity contribution in [2.75, 3.05) is 5.32 Å². The monoisotopic (exact) mass is 581 g/mol. The number of nitrogens with zero attached hydrogens (tertiary/aromatic N) is 4. The third-order valence-electron chi connectivity index (χ3n) is 4.78. The van der Waals surface area contributed by atoms with Crippen molar-refractivity contribution in [3.8, 4) is 22.9 Å². The number of alkyl halides is 3. The summed E-state index contributed by atoms with van der Waals surface area (Å²) in [5.74, 6) is 0.286. The second-order valence-corrected chi connectivity index (χ2v) is 8.74. The molecule has 1 aromatic heterocycles. The van der Waals surface area contributed by atoms with Crippen LogP contribution < -0.4 is 20.9 Å². The first kappa shape index (κ1) is 27.1. The lowest BCUT2D eigenvalue weighted by Crippen LogP contribution is -2.45. The highest BCUT2D eigenvalue weighted by atomic mass is 35.5. The van der Waals surface area contributed by atoms with Gasteiger partial charge >= 0.3 is 6.18 Å². The van der Waals surface area contributed by atoms with Gasteiger partial charge in [0.05, 0.1) is 21.8 Å². The summed E-state index contributed by atoms with van der Waals surface area (Å²) < 4.78 is 45.3. The molecule has 0 spiro atoms. The van der Waals surface area contributed by atoms with Gasteiger partial charge in [-0.1, -0.05) is 47.5 Å². The van der Waals surface area contributed by atoms with Crippen LogP contribution >= 0.6 is 35.4 Å².